The topological polar surface area (TPSA) is 115 Å². The molecule has 1 saturated carbocycles. The number of rotatable bonds is 7. The molecule has 1 aliphatic carbocycles. The number of fused-ring (bicyclic) bond motifs is 2. The van der Waals surface area contributed by atoms with Crippen LogP contribution in [0.2, 0.25) is 0 Å². The van der Waals surface area contributed by atoms with E-state index in [1.54, 1.807) is 19.1 Å². The second kappa shape index (κ2) is 8.17. The van der Waals surface area contributed by atoms with E-state index in [0.717, 1.165) is 17.5 Å². The van der Waals surface area contributed by atoms with Gasteiger partial charge in [-0.1, -0.05) is 0 Å². The summed E-state index contributed by atoms with van der Waals surface area (Å²) < 4.78 is 65.8. The van der Waals surface area contributed by atoms with E-state index < -0.39 is 36.4 Å². The Morgan fingerprint density at radius 1 is 1.25 bits per heavy atom. The third kappa shape index (κ3) is 4.13. The molecule has 14 heteroatoms. The van der Waals surface area contributed by atoms with Gasteiger partial charge in [-0.15, -0.1) is 0 Å². The van der Waals surface area contributed by atoms with Gasteiger partial charge >= 0.3 is 12.1 Å². The fourth-order valence-corrected chi connectivity index (χ4v) is 4.08. The Bertz CT molecular complexity index is 1370. The van der Waals surface area contributed by atoms with Crippen LogP contribution in [0, 0.1) is 0 Å². The lowest BCUT2D eigenvalue weighted by Gasteiger charge is -2.20. The van der Waals surface area contributed by atoms with Gasteiger partial charge in [0.25, 0.3) is 0 Å². The van der Waals surface area contributed by atoms with Crippen molar-refractivity contribution < 1.29 is 31.5 Å². The first-order valence-electron chi connectivity index (χ1n) is 11.1. The molecule has 1 unspecified atom stereocenters. The van der Waals surface area contributed by atoms with Gasteiger partial charge < -0.3 is 10.6 Å². The Morgan fingerprint density at radius 3 is 2.69 bits per heavy atom. The van der Waals surface area contributed by atoms with Crippen molar-refractivity contribution >= 4 is 28.7 Å². The molecule has 190 valence electrons. The molecule has 5 rings (SSSR count). The molecule has 2 aliphatic rings. The van der Waals surface area contributed by atoms with E-state index in [1.807, 2.05) is 0 Å². The van der Waals surface area contributed by atoms with Crippen LogP contribution in [0.15, 0.2) is 24.5 Å². The number of aryl methyl sites for hydroxylation is 1. The number of anilines is 1. The molecule has 0 saturated heterocycles. The number of halogens is 5. The zero-order valence-electron chi connectivity index (χ0n) is 18.9. The SMILES string of the molecule is CC1(CC(=O)NC2CC2)C(=O)Nc2nc(-c3nn(CCC(F)(F)C(F)(F)F)c4ncccc34)ncc21. The summed E-state index contributed by atoms with van der Waals surface area (Å²) in [4.78, 5) is 37.8. The lowest BCUT2D eigenvalue weighted by molar-refractivity contribution is -0.285. The molecule has 1 aliphatic heterocycles. The van der Waals surface area contributed by atoms with E-state index >= 15 is 0 Å². The molecule has 0 radical (unpaired) electrons. The molecule has 0 spiro atoms. The molecular weight excluding hydrogens is 489 g/mol. The second-order valence-electron chi connectivity index (χ2n) is 9.16. The zero-order chi connectivity index (χ0) is 25.9. The van der Waals surface area contributed by atoms with Crippen molar-refractivity contribution in [2.75, 3.05) is 5.32 Å². The molecule has 36 heavy (non-hydrogen) atoms. The highest BCUT2D eigenvalue weighted by Crippen LogP contribution is 2.41. The summed E-state index contributed by atoms with van der Waals surface area (Å²) in [6, 6.07) is 3.24. The number of carbonyl (C=O) groups excluding carboxylic acids is 2. The minimum Gasteiger partial charge on any atom is -0.353 e. The van der Waals surface area contributed by atoms with Crippen molar-refractivity contribution in [3.05, 3.63) is 30.1 Å². The zero-order valence-corrected chi connectivity index (χ0v) is 18.9. The minimum absolute atomic E-state index is 0.0139. The van der Waals surface area contributed by atoms with Crippen LogP contribution in [0.1, 0.15) is 38.2 Å². The summed E-state index contributed by atoms with van der Waals surface area (Å²) >= 11 is 0. The van der Waals surface area contributed by atoms with Crippen LogP contribution >= 0.6 is 0 Å². The maximum absolute atomic E-state index is 13.5. The van der Waals surface area contributed by atoms with E-state index in [0.29, 0.717) is 10.9 Å². The van der Waals surface area contributed by atoms with Gasteiger partial charge in [0.2, 0.25) is 11.8 Å². The largest absolute Gasteiger partial charge is 0.453 e. The van der Waals surface area contributed by atoms with Gasteiger partial charge in [0, 0.05) is 43.4 Å². The Morgan fingerprint density at radius 2 is 2.00 bits per heavy atom. The smallest absolute Gasteiger partial charge is 0.353 e. The number of nitrogens with one attached hydrogen (secondary N) is 2. The number of hydrogen-bond acceptors (Lipinski definition) is 6. The summed E-state index contributed by atoms with van der Waals surface area (Å²) in [7, 11) is 0. The first kappa shape index (κ1) is 24.0. The number of alkyl halides is 5. The van der Waals surface area contributed by atoms with E-state index in [4.69, 9.17) is 0 Å². The number of pyridine rings is 1. The van der Waals surface area contributed by atoms with Gasteiger partial charge in [-0.3, -0.25) is 9.59 Å². The fourth-order valence-electron chi connectivity index (χ4n) is 4.08. The van der Waals surface area contributed by atoms with Crippen molar-refractivity contribution in [2.45, 2.75) is 62.7 Å². The summed E-state index contributed by atoms with van der Waals surface area (Å²) in [6.45, 7) is 0.856. The van der Waals surface area contributed by atoms with Crippen LogP contribution in [0.25, 0.3) is 22.6 Å². The molecule has 1 fully saturated rings. The van der Waals surface area contributed by atoms with Crippen LogP contribution in [0.4, 0.5) is 27.8 Å². The molecule has 3 aromatic heterocycles. The van der Waals surface area contributed by atoms with Gasteiger partial charge in [0.15, 0.2) is 11.5 Å². The Labute approximate surface area is 200 Å². The summed E-state index contributed by atoms with van der Waals surface area (Å²) in [6.07, 6.45) is -2.75. The average Bonchev–Trinajstić information content (AvgIpc) is 3.48. The molecule has 2 amide bonds. The van der Waals surface area contributed by atoms with Gasteiger partial charge in [-0.05, 0) is 31.9 Å². The van der Waals surface area contributed by atoms with E-state index in [9.17, 15) is 31.5 Å². The monoisotopic (exact) mass is 509 g/mol. The highest BCUT2D eigenvalue weighted by atomic mass is 19.4. The first-order chi connectivity index (χ1) is 16.9. The van der Waals surface area contributed by atoms with Crippen molar-refractivity contribution in [3.8, 4) is 11.5 Å². The minimum atomic E-state index is -5.68. The predicted octanol–water partition coefficient (Wildman–Crippen LogP) is 3.35. The van der Waals surface area contributed by atoms with Crippen molar-refractivity contribution in [1.29, 1.82) is 0 Å². The summed E-state index contributed by atoms with van der Waals surface area (Å²) in [5, 5.41) is 9.99. The molecule has 9 nitrogen and oxygen atoms in total. The Kier molecular flexibility index (Phi) is 5.45. The molecular formula is C22H20F5N7O2. The van der Waals surface area contributed by atoms with Crippen molar-refractivity contribution in [3.63, 3.8) is 0 Å². The summed E-state index contributed by atoms with van der Waals surface area (Å²) in [5.41, 5.74) is -0.599. The van der Waals surface area contributed by atoms with Crippen LogP contribution < -0.4 is 10.6 Å². The summed E-state index contributed by atoms with van der Waals surface area (Å²) in [5.74, 6) is -5.41. The van der Waals surface area contributed by atoms with Crippen LogP contribution in [-0.4, -0.2) is 54.7 Å². The quantitative estimate of drug-likeness (QED) is 0.472. The molecule has 1 atom stereocenters. The molecule has 2 N–H and O–H groups in total. The maximum atomic E-state index is 13.5. The molecule has 3 aromatic rings. The van der Waals surface area contributed by atoms with Gasteiger partial charge in [0.05, 0.1) is 10.8 Å². The number of nitrogens with zero attached hydrogens (tertiary/aromatic N) is 5. The lowest BCUT2D eigenvalue weighted by Crippen LogP contribution is -2.38. The third-order valence-electron chi connectivity index (χ3n) is 6.34. The highest BCUT2D eigenvalue weighted by molar-refractivity contribution is 6.07. The molecule has 0 aromatic carbocycles. The van der Waals surface area contributed by atoms with E-state index in [1.165, 1.54) is 12.4 Å². The Hall–Kier alpha value is -3.71. The van der Waals surface area contributed by atoms with Crippen LogP contribution in [-0.2, 0) is 21.5 Å². The number of aromatic nitrogens is 5. The third-order valence-corrected chi connectivity index (χ3v) is 6.34. The average molecular weight is 509 g/mol. The van der Waals surface area contributed by atoms with Crippen molar-refractivity contribution in [1.82, 2.24) is 30.0 Å². The number of amides is 2. The number of hydrogen-bond donors (Lipinski definition) is 2. The predicted molar refractivity (Wildman–Crippen MR) is 116 cm³/mol. The standard InChI is InChI=1S/C22H20F5N7O2/c1-20(9-14(35)30-11-4-5-11)13-10-29-17(31-16(13)32-19(20)36)15-12-3-2-7-28-18(12)34(33-15)8-6-21(23,24)22(25,26)27/h2-3,7,10-11H,4-6,8-9H2,1H3,(H,30,35)(H,29,31,32,36). The van der Waals surface area contributed by atoms with Crippen molar-refractivity contribution in [2.24, 2.45) is 0 Å². The van der Waals surface area contributed by atoms with Gasteiger partial charge in [-0.25, -0.2) is 19.6 Å². The van der Waals surface area contributed by atoms with Crippen LogP contribution in [0.5, 0.6) is 0 Å². The maximum Gasteiger partial charge on any atom is 0.453 e. The second-order valence-corrected chi connectivity index (χ2v) is 9.16. The van der Waals surface area contributed by atoms with Gasteiger partial charge in [-0.2, -0.15) is 27.1 Å². The van der Waals surface area contributed by atoms with E-state index in [2.05, 4.69) is 30.7 Å². The Balaban J connectivity index is 1.46. The van der Waals surface area contributed by atoms with Crippen LogP contribution in [0.3, 0.4) is 0 Å². The highest BCUT2D eigenvalue weighted by Gasteiger charge is 2.56. The normalized spacial score (nSPS) is 19.9. The van der Waals surface area contributed by atoms with Gasteiger partial charge in [0.1, 0.15) is 11.5 Å². The first-order valence-corrected chi connectivity index (χ1v) is 11.1. The lowest BCUT2D eigenvalue weighted by atomic mass is 9.81. The molecule has 0 bridgehead atoms. The van der Waals surface area contributed by atoms with E-state index in [-0.39, 0.29) is 41.4 Å². The fraction of sp³-hybridized carbons (Fsp3) is 0.455. The molecule has 4 heterocycles. The number of carbonyl (C=O) groups is 2.